The maximum absolute atomic E-state index is 12.2. The van der Waals surface area contributed by atoms with Crippen LogP contribution in [0.25, 0.3) is 11.3 Å². The average Bonchev–Trinajstić information content (AvgIpc) is 3.06. The van der Waals surface area contributed by atoms with Crippen molar-refractivity contribution < 1.29 is 14.3 Å². The first-order valence-electron chi connectivity index (χ1n) is 11.4. The van der Waals surface area contributed by atoms with E-state index in [2.05, 4.69) is 41.4 Å². The molecule has 5 rings (SSSR count). The van der Waals surface area contributed by atoms with Crippen LogP contribution in [0.5, 0.6) is 0 Å². The maximum Gasteiger partial charge on any atom is 0.356 e. The van der Waals surface area contributed by atoms with E-state index in [9.17, 15) is 4.79 Å². The van der Waals surface area contributed by atoms with Crippen LogP contribution in [0.3, 0.4) is 0 Å². The quantitative estimate of drug-likeness (QED) is 0.679. The molecule has 2 aliphatic heterocycles. The van der Waals surface area contributed by atoms with Crippen LogP contribution in [0.1, 0.15) is 36.0 Å². The predicted octanol–water partition coefficient (Wildman–Crippen LogP) is 4.43. The summed E-state index contributed by atoms with van der Waals surface area (Å²) in [5.41, 5.74) is 12.1. The second-order valence-electron chi connectivity index (χ2n) is 8.73. The topological polar surface area (TPSA) is 86.3 Å². The van der Waals surface area contributed by atoms with Crippen LogP contribution in [-0.4, -0.2) is 37.7 Å². The summed E-state index contributed by atoms with van der Waals surface area (Å²) in [6.45, 7) is 0. The minimum Gasteiger partial charge on any atom is -0.495 e. The lowest BCUT2D eigenvalue weighted by Crippen LogP contribution is -2.43. The summed E-state index contributed by atoms with van der Waals surface area (Å²) >= 11 is 0. The Morgan fingerprint density at radius 2 is 1.76 bits per heavy atom. The first-order chi connectivity index (χ1) is 16.5. The fraction of sp³-hybridized carbons (Fsp3) is 0.250. The van der Waals surface area contributed by atoms with E-state index >= 15 is 0 Å². The average molecular weight is 454 g/mol. The summed E-state index contributed by atoms with van der Waals surface area (Å²) in [7, 11) is 2.90. The summed E-state index contributed by atoms with van der Waals surface area (Å²) in [5.74, 6) is -0.0196. The van der Waals surface area contributed by atoms with Gasteiger partial charge in [0.05, 0.1) is 19.9 Å². The van der Waals surface area contributed by atoms with Gasteiger partial charge >= 0.3 is 5.97 Å². The monoisotopic (exact) mass is 453 g/mol. The van der Waals surface area contributed by atoms with Crippen molar-refractivity contribution in [1.82, 2.24) is 0 Å². The third kappa shape index (κ3) is 3.90. The molecule has 172 valence electrons. The standard InChI is InChI=1S/C28H27N3O3/c1-33-24-17-23(27(32)34-2)30-22-14-13-21(18-7-4-3-5-8-18)25(31-26(22)24)19-9-11-20(12-10-19)28(29)15-6-16-28/h3-5,7-14,17,22H,6,15-16,29H2,1-2H3. The summed E-state index contributed by atoms with van der Waals surface area (Å²) in [6, 6.07) is 18.0. The molecular formula is C28H27N3O3. The number of carbonyl (C=O) groups is 1. The number of dihydropyridines is 1. The molecule has 1 aliphatic carbocycles. The number of nitrogens with two attached hydrogens (primary N) is 1. The van der Waals surface area contributed by atoms with Gasteiger partial charge in [0.15, 0.2) is 0 Å². The summed E-state index contributed by atoms with van der Waals surface area (Å²) < 4.78 is 10.5. The fourth-order valence-electron chi connectivity index (χ4n) is 4.55. The van der Waals surface area contributed by atoms with Gasteiger partial charge in [-0.1, -0.05) is 66.7 Å². The second-order valence-corrected chi connectivity index (χ2v) is 8.73. The van der Waals surface area contributed by atoms with Crippen molar-refractivity contribution in [2.45, 2.75) is 30.8 Å². The van der Waals surface area contributed by atoms with Crippen molar-refractivity contribution in [3.8, 4) is 0 Å². The van der Waals surface area contributed by atoms with Gasteiger partial charge in [-0.15, -0.1) is 0 Å². The van der Waals surface area contributed by atoms with Crippen molar-refractivity contribution in [1.29, 1.82) is 0 Å². The summed E-state index contributed by atoms with van der Waals surface area (Å²) in [4.78, 5) is 21.8. The van der Waals surface area contributed by atoms with E-state index in [0.29, 0.717) is 11.5 Å². The van der Waals surface area contributed by atoms with E-state index in [1.165, 1.54) is 13.5 Å². The molecule has 0 radical (unpaired) electrons. The molecule has 3 aliphatic rings. The Labute approximate surface area is 199 Å². The highest BCUT2D eigenvalue weighted by molar-refractivity contribution is 6.43. The molecule has 34 heavy (non-hydrogen) atoms. The van der Waals surface area contributed by atoms with Crippen LogP contribution in [0, 0.1) is 0 Å². The van der Waals surface area contributed by atoms with Crippen molar-refractivity contribution in [3.63, 3.8) is 0 Å². The lowest BCUT2D eigenvalue weighted by Gasteiger charge is -2.38. The fourth-order valence-corrected chi connectivity index (χ4v) is 4.55. The van der Waals surface area contributed by atoms with Crippen molar-refractivity contribution in [2.24, 2.45) is 15.7 Å². The van der Waals surface area contributed by atoms with Gasteiger partial charge in [0.1, 0.15) is 23.2 Å². The largest absolute Gasteiger partial charge is 0.495 e. The van der Waals surface area contributed by atoms with Crippen LogP contribution >= 0.6 is 0 Å². The lowest BCUT2D eigenvalue weighted by molar-refractivity contribution is -0.132. The van der Waals surface area contributed by atoms with Gasteiger partial charge in [-0.2, -0.15) is 0 Å². The molecule has 2 N–H and O–H groups in total. The second kappa shape index (κ2) is 8.88. The Kier molecular flexibility index (Phi) is 5.75. The van der Waals surface area contributed by atoms with Crippen LogP contribution in [0.15, 0.2) is 88.6 Å². The number of nitrogens with zero attached hydrogens (tertiary/aromatic N) is 2. The van der Waals surface area contributed by atoms with E-state index in [4.69, 9.17) is 20.2 Å². The van der Waals surface area contributed by atoms with Crippen LogP contribution in [0.2, 0.25) is 0 Å². The van der Waals surface area contributed by atoms with Gasteiger partial charge in [0.25, 0.3) is 0 Å². The zero-order valence-corrected chi connectivity index (χ0v) is 19.3. The number of rotatable bonds is 5. The summed E-state index contributed by atoms with van der Waals surface area (Å²) in [6.07, 6.45) is 8.74. The molecule has 6 nitrogen and oxygen atoms in total. The number of allylic oxidation sites excluding steroid dienone is 2. The van der Waals surface area contributed by atoms with Crippen LogP contribution in [0.4, 0.5) is 0 Å². The number of hydrogen-bond acceptors (Lipinski definition) is 6. The Bertz CT molecular complexity index is 1260. The highest BCUT2D eigenvalue weighted by Crippen LogP contribution is 2.40. The Morgan fingerprint density at radius 3 is 2.38 bits per heavy atom. The number of methoxy groups -OCH3 is 2. The number of fused-ring (bicyclic) bond motifs is 1. The van der Waals surface area contributed by atoms with Crippen molar-refractivity contribution >= 4 is 28.7 Å². The molecule has 0 amide bonds. The van der Waals surface area contributed by atoms with E-state index in [-0.39, 0.29) is 11.3 Å². The third-order valence-corrected chi connectivity index (χ3v) is 6.69. The van der Waals surface area contributed by atoms with Gasteiger partial charge < -0.3 is 15.2 Å². The number of aliphatic imine (C=N–C) groups is 2. The molecule has 1 atom stereocenters. The molecule has 1 saturated carbocycles. The van der Waals surface area contributed by atoms with Crippen LogP contribution in [-0.2, 0) is 19.8 Å². The Morgan fingerprint density at radius 1 is 1.03 bits per heavy atom. The molecule has 0 spiro atoms. The third-order valence-electron chi connectivity index (χ3n) is 6.69. The minimum atomic E-state index is -0.509. The molecule has 1 fully saturated rings. The number of hydrogen-bond donors (Lipinski definition) is 1. The van der Waals surface area contributed by atoms with Crippen molar-refractivity contribution in [2.75, 3.05) is 14.2 Å². The zero-order chi connectivity index (χ0) is 23.7. The van der Waals surface area contributed by atoms with Gasteiger partial charge in [0.2, 0.25) is 0 Å². The SMILES string of the molecule is COC(=O)C1=NC2C=CC(c3ccccc3)=C(c3ccc(C4(N)CCC4)cc3)N=C2C(OC)=C1. The molecule has 0 aromatic heterocycles. The molecule has 2 aromatic rings. The predicted molar refractivity (Wildman–Crippen MR) is 134 cm³/mol. The molecule has 0 saturated heterocycles. The molecule has 0 bridgehead atoms. The highest BCUT2D eigenvalue weighted by atomic mass is 16.5. The smallest absolute Gasteiger partial charge is 0.356 e. The van der Waals surface area contributed by atoms with Gasteiger partial charge in [-0.25, -0.2) is 9.79 Å². The molecule has 2 heterocycles. The van der Waals surface area contributed by atoms with Gasteiger partial charge in [0, 0.05) is 22.8 Å². The minimum absolute atomic E-state index is 0.204. The van der Waals surface area contributed by atoms with E-state index in [1.54, 1.807) is 13.2 Å². The number of esters is 1. The highest BCUT2D eigenvalue weighted by Gasteiger charge is 2.34. The van der Waals surface area contributed by atoms with E-state index in [1.807, 2.05) is 30.4 Å². The van der Waals surface area contributed by atoms with Gasteiger partial charge in [-0.3, -0.25) is 4.99 Å². The molecular weight excluding hydrogens is 426 g/mol. The number of carbonyl (C=O) groups excluding carboxylic acids is 1. The lowest BCUT2D eigenvalue weighted by atomic mass is 9.72. The van der Waals surface area contributed by atoms with Crippen molar-refractivity contribution in [3.05, 3.63) is 95.3 Å². The molecule has 1 unspecified atom stereocenters. The Balaban J connectivity index is 1.64. The maximum atomic E-state index is 12.2. The van der Waals surface area contributed by atoms with E-state index < -0.39 is 12.0 Å². The van der Waals surface area contributed by atoms with Gasteiger partial charge in [-0.05, 0) is 30.4 Å². The normalized spacial score (nSPS) is 20.8. The van der Waals surface area contributed by atoms with E-state index in [0.717, 1.165) is 40.8 Å². The first kappa shape index (κ1) is 22.0. The Hall–Kier alpha value is -3.77. The zero-order valence-electron chi connectivity index (χ0n) is 19.3. The summed E-state index contributed by atoms with van der Waals surface area (Å²) in [5, 5.41) is 0. The number of ether oxygens (including phenoxy) is 2. The number of benzene rings is 2. The molecule has 6 heteroatoms. The molecule has 2 aromatic carbocycles. The first-order valence-corrected chi connectivity index (χ1v) is 11.4. The van der Waals surface area contributed by atoms with Crippen LogP contribution < -0.4 is 5.73 Å².